The molecule has 0 bridgehead atoms. The molecule has 1 N–H and O–H groups in total. The zero-order valence-electron chi connectivity index (χ0n) is 18.5. The lowest BCUT2D eigenvalue weighted by Gasteiger charge is -2.27. The van der Waals surface area contributed by atoms with Gasteiger partial charge >= 0.3 is 0 Å². The van der Waals surface area contributed by atoms with Crippen molar-refractivity contribution in [2.75, 3.05) is 7.11 Å². The number of aromatic amines is 1. The van der Waals surface area contributed by atoms with Gasteiger partial charge < -0.3 is 9.64 Å². The van der Waals surface area contributed by atoms with E-state index >= 15 is 0 Å². The van der Waals surface area contributed by atoms with Crippen molar-refractivity contribution in [2.45, 2.75) is 25.9 Å². The third-order valence-electron chi connectivity index (χ3n) is 6.20. The maximum Gasteiger partial charge on any atom is 0.273 e. The Hall–Kier alpha value is -3.57. The van der Waals surface area contributed by atoms with Crippen LogP contribution in [0.3, 0.4) is 0 Å². The first-order valence-corrected chi connectivity index (χ1v) is 11.3. The van der Waals surface area contributed by atoms with Gasteiger partial charge in [-0.05, 0) is 47.4 Å². The number of fused-ring (bicyclic) bond motifs is 1. The molecule has 1 amide bonds. The number of carbonyl (C=O) groups excluding carboxylic acids is 1. The quantitative estimate of drug-likeness (QED) is 0.383. The van der Waals surface area contributed by atoms with Crippen molar-refractivity contribution in [2.24, 2.45) is 0 Å². The van der Waals surface area contributed by atoms with Crippen molar-refractivity contribution in [3.8, 4) is 17.0 Å². The van der Waals surface area contributed by atoms with E-state index in [1.54, 1.807) is 7.11 Å². The summed E-state index contributed by atoms with van der Waals surface area (Å²) in [5.41, 5.74) is 6.49. The molecule has 0 fully saturated rings. The molecule has 3 aromatic carbocycles. The number of aromatic nitrogens is 2. The Morgan fingerprint density at radius 3 is 2.27 bits per heavy atom. The van der Waals surface area contributed by atoms with Crippen LogP contribution < -0.4 is 4.74 Å². The Morgan fingerprint density at radius 2 is 1.64 bits per heavy atom. The van der Waals surface area contributed by atoms with Gasteiger partial charge in [0.2, 0.25) is 0 Å². The summed E-state index contributed by atoms with van der Waals surface area (Å²) in [4.78, 5) is 15.4. The molecule has 0 saturated heterocycles. The Morgan fingerprint density at radius 1 is 0.970 bits per heavy atom. The van der Waals surface area contributed by atoms with E-state index in [1.807, 2.05) is 53.4 Å². The molecule has 5 rings (SSSR count). The normalized spacial score (nSPS) is 15.1. The summed E-state index contributed by atoms with van der Waals surface area (Å²) in [6.45, 7) is 2.61. The summed E-state index contributed by atoms with van der Waals surface area (Å²) in [5, 5.41) is 8.20. The summed E-state index contributed by atoms with van der Waals surface area (Å²) in [7, 11) is 1.65. The van der Waals surface area contributed by atoms with Crippen molar-refractivity contribution >= 4 is 17.5 Å². The highest BCUT2D eigenvalue weighted by Gasteiger charge is 2.42. The first-order chi connectivity index (χ1) is 16.1. The highest BCUT2D eigenvalue weighted by molar-refractivity contribution is 6.30. The summed E-state index contributed by atoms with van der Waals surface area (Å²) < 4.78 is 5.28. The van der Waals surface area contributed by atoms with E-state index in [0.717, 1.165) is 40.1 Å². The number of amides is 1. The second-order valence-corrected chi connectivity index (χ2v) is 8.58. The first-order valence-electron chi connectivity index (χ1n) is 11.0. The van der Waals surface area contributed by atoms with E-state index in [-0.39, 0.29) is 11.9 Å². The van der Waals surface area contributed by atoms with Gasteiger partial charge in [-0.2, -0.15) is 5.10 Å². The fourth-order valence-corrected chi connectivity index (χ4v) is 4.52. The second kappa shape index (κ2) is 8.75. The van der Waals surface area contributed by atoms with E-state index in [9.17, 15) is 4.79 Å². The Kier molecular flexibility index (Phi) is 5.65. The molecular weight excluding hydrogens is 434 g/mol. The molecule has 1 aliphatic rings. The van der Waals surface area contributed by atoms with E-state index in [0.29, 0.717) is 17.3 Å². The van der Waals surface area contributed by atoms with Crippen LogP contribution in [-0.4, -0.2) is 28.1 Å². The molecule has 5 nitrogen and oxygen atoms in total. The number of methoxy groups -OCH3 is 1. The minimum absolute atomic E-state index is 0.0573. The van der Waals surface area contributed by atoms with Gasteiger partial charge in [-0.1, -0.05) is 67.1 Å². The first kappa shape index (κ1) is 21.3. The topological polar surface area (TPSA) is 58.2 Å². The Labute approximate surface area is 198 Å². The Balaban J connectivity index is 1.60. The number of benzene rings is 3. The molecule has 0 saturated carbocycles. The minimum atomic E-state index is -0.245. The molecule has 2 heterocycles. The van der Waals surface area contributed by atoms with Gasteiger partial charge in [0.1, 0.15) is 11.4 Å². The predicted molar refractivity (Wildman–Crippen MR) is 130 cm³/mol. The fourth-order valence-electron chi connectivity index (χ4n) is 4.40. The lowest BCUT2D eigenvalue weighted by Crippen LogP contribution is -2.29. The molecule has 1 atom stereocenters. The lowest BCUT2D eigenvalue weighted by atomic mass is 9.95. The molecule has 33 heavy (non-hydrogen) atoms. The zero-order chi connectivity index (χ0) is 22.9. The number of carbonyl (C=O) groups is 1. The molecule has 1 aliphatic heterocycles. The van der Waals surface area contributed by atoms with Crippen LogP contribution in [0.15, 0.2) is 72.8 Å². The molecule has 1 aromatic heterocycles. The molecule has 1 unspecified atom stereocenters. The van der Waals surface area contributed by atoms with Gasteiger partial charge in [-0.3, -0.25) is 9.89 Å². The van der Waals surface area contributed by atoms with Gasteiger partial charge in [-0.25, -0.2) is 0 Å². The van der Waals surface area contributed by atoms with E-state index < -0.39 is 0 Å². The van der Waals surface area contributed by atoms with Gasteiger partial charge in [0.25, 0.3) is 5.91 Å². The molecule has 0 radical (unpaired) electrons. The lowest BCUT2D eigenvalue weighted by molar-refractivity contribution is 0.0730. The third kappa shape index (κ3) is 3.89. The second-order valence-electron chi connectivity index (χ2n) is 8.15. The van der Waals surface area contributed by atoms with Crippen molar-refractivity contribution in [3.63, 3.8) is 0 Å². The van der Waals surface area contributed by atoms with E-state index in [2.05, 4.69) is 41.4 Å². The number of H-pyrrole nitrogens is 1. The maximum atomic E-state index is 13.5. The largest absolute Gasteiger partial charge is 0.497 e. The number of nitrogens with one attached hydrogen (secondary N) is 1. The van der Waals surface area contributed by atoms with Crippen LogP contribution >= 0.6 is 11.6 Å². The maximum absolute atomic E-state index is 13.5. The van der Waals surface area contributed by atoms with Crippen molar-refractivity contribution in [1.82, 2.24) is 15.1 Å². The van der Waals surface area contributed by atoms with Crippen LogP contribution in [0.1, 0.15) is 45.7 Å². The minimum Gasteiger partial charge on any atom is -0.497 e. The van der Waals surface area contributed by atoms with Crippen molar-refractivity contribution in [3.05, 3.63) is 106 Å². The standard InChI is InChI=1S/C27H24ClN3O2/c1-3-17-4-8-20(9-5-17)26-23-24(19-10-12-21(28)13-11-19)29-30-25(23)27(32)31(26)16-18-6-14-22(33-2)15-7-18/h4-15,26H,3,16H2,1-2H3,(H,29,30). The number of ether oxygens (including phenoxy) is 1. The summed E-state index contributed by atoms with van der Waals surface area (Å²) in [6.07, 6.45) is 0.965. The average Bonchev–Trinajstić information content (AvgIpc) is 3.39. The number of halogens is 1. The van der Waals surface area contributed by atoms with Crippen molar-refractivity contribution < 1.29 is 9.53 Å². The SMILES string of the molecule is CCc1ccc(C2c3c(-c4ccc(Cl)cc4)n[nH]c3C(=O)N2Cc2ccc(OC)cc2)cc1. The van der Waals surface area contributed by atoms with Gasteiger partial charge in [0.15, 0.2) is 0 Å². The van der Waals surface area contributed by atoms with Crippen LogP contribution in [0.4, 0.5) is 0 Å². The number of hydrogen-bond donors (Lipinski definition) is 1. The van der Waals surface area contributed by atoms with Crippen molar-refractivity contribution in [1.29, 1.82) is 0 Å². The highest BCUT2D eigenvalue weighted by atomic mass is 35.5. The molecule has 4 aromatic rings. The molecule has 6 heteroatoms. The van der Waals surface area contributed by atoms with Crippen LogP contribution in [0, 0.1) is 0 Å². The third-order valence-corrected chi connectivity index (χ3v) is 6.45. The zero-order valence-corrected chi connectivity index (χ0v) is 19.3. The van der Waals surface area contributed by atoms with Crippen LogP contribution in [0.5, 0.6) is 5.75 Å². The van der Waals surface area contributed by atoms with Gasteiger partial charge in [0, 0.05) is 22.7 Å². The summed E-state index contributed by atoms with van der Waals surface area (Å²) >= 11 is 6.10. The molecular formula is C27H24ClN3O2. The predicted octanol–water partition coefficient (Wildman–Crippen LogP) is 6.05. The summed E-state index contributed by atoms with van der Waals surface area (Å²) in [6, 6.07) is 23.6. The van der Waals surface area contributed by atoms with Gasteiger partial charge in [0.05, 0.1) is 18.8 Å². The van der Waals surface area contributed by atoms with E-state index in [4.69, 9.17) is 16.3 Å². The van der Waals surface area contributed by atoms with Crippen LogP contribution in [-0.2, 0) is 13.0 Å². The number of aryl methyl sites for hydroxylation is 1. The molecule has 0 aliphatic carbocycles. The number of nitrogens with zero attached hydrogens (tertiary/aromatic N) is 2. The van der Waals surface area contributed by atoms with Crippen LogP contribution in [0.2, 0.25) is 5.02 Å². The van der Waals surface area contributed by atoms with Gasteiger partial charge in [-0.15, -0.1) is 0 Å². The smallest absolute Gasteiger partial charge is 0.273 e. The molecule has 0 spiro atoms. The highest BCUT2D eigenvalue weighted by Crippen LogP contribution is 2.43. The monoisotopic (exact) mass is 457 g/mol. The molecule has 166 valence electrons. The van der Waals surface area contributed by atoms with E-state index in [1.165, 1.54) is 5.56 Å². The fraction of sp³-hybridized carbons (Fsp3) is 0.185. The number of rotatable bonds is 6. The van der Waals surface area contributed by atoms with Crippen LogP contribution in [0.25, 0.3) is 11.3 Å². The number of hydrogen-bond acceptors (Lipinski definition) is 3. The Bertz CT molecular complexity index is 1280. The average molecular weight is 458 g/mol. The summed E-state index contributed by atoms with van der Waals surface area (Å²) in [5.74, 6) is 0.732.